The predicted molar refractivity (Wildman–Crippen MR) is 85.3 cm³/mol. The standard InChI is InChI=1S/C18H27NO2/c1-14(2)12-19(17-5-3-4-6-17)13-16-9-7-15(8-10-16)11-18(20)21/h7-10,14,17H,3-6,11-13H2,1-2H3,(H,20,21). The van der Waals surface area contributed by atoms with E-state index >= 15 is 0 Å². The molecular formula is C18H27NO2. The second-order valence-corrected chi connectivity index (χ2v) is 6.65. The van der Waals surface area contributed by atoms with E-state index in [1.807, 2.05) is 12.1 Å². The SMILES string of the molecule is CC(C)CN(Cc1ccc(CC(=O)O)cc1)C1CCCC1. The van der Waals surface area contributed by atoms with Crippen molar-refractivity contribution >= 4 is 5.97 Å². The predicted octanol–water partition coefficient (Wildman–Crippen LogP) is 3.71. The zero-order valence-corrected chi connectivity index (χ0v) is 13.2. The van der Waals surface area contributed by atoms with Gasteiger partial charge in [-0.05, 0) is 29.9 Å². The molecule has 1 aliphatic carbocycles. The van der Waals surface area contributed by atoms with Gasteiger partial charge < -0.3 is 5.11 Å². The van der Waals surface area contributed by atoms with Gasteiger partial charge in [-0.2, -0.15) is 0 Å². The van der Waals surface area contributed by atoms with Crippen LogP contribution < -0.4 is 0 Å². The molecule has 0 radical (unpaired) electrons. The third kappa shape index (κ3) is 5.16. The number of aliphatic carboxylic acids is 1. The van der Waals surface area contributed by atoms with Crippen LogP contribution in [0.4, 0.5) is 0 Å². The first-order chi connectivity index (χ1) is 10.0. The fourth-order valence-corrected chi connectivity index (χ4v) is 3.25. The molecule has 0 atom stereocenters. The molecule has 0 heterocycles. The van der Waals surface area contributed by atoms with E-state index in [4.69, 9.17) is 5.11 Å². The molecule has 0 spiro atoms. The molecule has 3 nitrogen and oxygen atoms in total. The maximum absolute atomic E-state index is 10.7. The Morgan fingerprint density at radius 3 is 2.29 bits per heavy atom. The number of nitrogens with zero attached hydrogens (tertiary/aromatic N) is 1. The van der Waals surface area contributed by atoms with Crippen molar-refractivity contribution in [1.29, 1.82) is 0 Å². The highest BCUT2D eigenvalue weighted by Crippen LogP contribution is 2.25. The molecule has 0 amide bonds. The molecule has 1 fully saturated rings. The molecule has 0 aliphatic heterocycles. The molecule has 1 aromatic carbocycles. The number of carboxylic acid groups (broad SMARTS) is 1. The summed E-state index contributed by atoms with van der Waals surface area (Å²) in [5.41, 5.74) is 2.17. The van der Waals surface area contributed by atoms with E-state index in [0.29, 0.717) is 5.92 Å². The second kappa shape index (κ2) is 7.60. The summed E-state index contributed by atoms with van der Waals surface area (Å²) in [6.45, 7) is 6.67. The van der Waals surface area contributed by atoms with Gasteiger partial charge >= 0.3 is 5.97 Å². The third-order valence-corrected chi connectivity index (χ3v) is 4.20. The van der Waals surface area contributed by atoms with Crippen molar-refractivity contribution in [2.45, 2.75) is 58.5 Å². The lowest BCUT2D eigenvalue weighted by atomic mass is 10.1. The van der Waals surface area contributed by atoms with Crippen LogP contribution in [0, 0.1) is 5.92 Å². The molecule has 1 aliphatic rings. The summed E-state index contributed by atoms with van der Waals surface area (Å²) in [6.07, 6.45) is 5.47. The molecule has 21 heavy (non-hydrogen) atoms. The van der Waals surface area contributed by atoms with E-state index in [-0.39, 0.29) is 6.42 Å². The summed E-state index contributed by atoms with van der Waals surface area (Å²) < 4.78 is 0. The van der Waals surface area contributed by atoms with Crippen LogP contribution in [0.25, 0.3) is 0 Å². The van der Waals surface area contributed by atoms with E-state index in [1.165, 1.54) is 31.2 Å². The van der Waals surface area contributed by atoms with Gasteiger partial charge in [-0.25, -0.2) is 0 Å². The van der Waals surface area contributed by atoms with E-state index in [2.05, 4.69) is 30.9 Å². The van der Waals surface area contributed by atoms with Gasteiger partial charge in [-0.3, -0.25) is 9.69 Å². The van der Waals surface area contributed by atoms with E-state index < -0.39 is 5.97 Å². The lowest BCUT2D eigenvalue weighted by Crippen LogP contribution is -2.35. The van der Waals surface area contributed by atoms with E-state index in [0.717, 1.165) is 24.7 Å². The van der Waals surface area contributed by atoms with Crippen LogP contribution >= 0.6 is 0 Å². The number of carboxylic acids is 1. The Balaban J connectivity index is 1.99. The van der Waals surface area contributed by atoms with Crippen molar-refractivity contribution in [2.75, 3.05) is 6.54 Å². The van der Waals surface area contributed by atoms with Gasteiger partial charge in [0.25, 0.3) is 0 Å². The van der Waals surface area contributed by atoms with Crippen molar-refractivity contribution in [3.05, 3.63) is 35.4 Å². The fraction of sp³-hybridized carbons (Fsp3) is 0.611. The van der Waals surface area contributed by atoms with Crippen LogP contribution in [0.1, 0.15) is 50.7 Å². The van der Waals surface area contributed by atoms with Crippen LogP contribution in [0.3, 0.4) is 0 Å². The number of benzene rings is 1. The highest BCUT2D eigenvalue weighted by molar-refractivity contribution is 5.70. The zero-order chi connectivity index (χ0) is 15.2. The molecule has 116 valence electrons. The molecule has 1 aromatic rings. The highest BCUT2D eigenvalue weighted by Gasteiger charge is 2.23. The first-order valence-electron chi connectivity index (χ1n) is 8.08. The summed E-state index contributed by atoms with van der Waals surface area (Å²) in [4.78, 5) is 13.3. The summed E-state index contributed by atoms with van der Waals surface area (Å²) in [5.74, 6) is -0.0907. The Kier molecular flexibility index (Phi) is 5.80. The quantitative estimate of drug-likeness (QED) is 0.831. The first-order valence-corrected chi connectivity index (χ1v) is 8.08. The third-order valence-electron chi connectivity index (χ3n) is 4.20. The first kappa shape index (κ1) is 16.0. The van der Waals surface area contributed by atoms with Crippen LogP contribution in [0.15, 0.2) is 24.3 Å². The lowest BCUT2D eigenvalue weighted by molar-refractivity contribution is -0.136. The smallest absolute Gasteiger partial charge is 0.307 e. The normalized spacial score (nSPS) is 16.0. The van der Waals surface area contributed by atoms with Crippen molar-refractivity contribution in [2.24, 2.45) is 5.92 Å². The Labute approximate surface area is 128 Å². The van der Waals surface area contributed by atoms with Crippen molar-refractivity contribution in [3.8, 4) is 0 Å². The van der Waals surface area contributed by atoms with Crippen molar-refractivity contribution in [3.63, 3.8) is 0 Å². The topological polar surface area (TPSA) is 40.5 Å². The molecule has 3 heteroatoms. The van der Waals surface area contributed by atoms with Gasteiger partial charge in [-0.1, -0.05) is 51.0 Å². The molecule has 1 saturated carbocycles. The van der Waals surface area contributed by atoms with Crippen molar-refractivity contribution in [1.82, 2.24) is 4.90 Å². The Hall–Kier alpha value is -1.35. The number of hydrogen-bond acceptors (Lipinski definition) is 2. The molecule has 0 unspecified atom stereocenters. The molecule has 0 bridgehead atoms. The van der Waals surface area contributed by atoms with Crippen LogP contribution in [-0.4, -0.2) is 28.6 Å². The number of rotatable bonds is 7. The van der Waals surface area contributed by atoms with Gasteiger partial charge in [0.1, 0.15) is 0 Å². The Morgan fingerprint density at radius 1 is 1.19 bits per heavy atom. The average Bonchev–Trinajstić information content (AvgIpc) is 2.93. The summed E-state index contributed by atoms with van der Waals surface area (Å²) in [7, 11) is 0. The average molecular weight is 289 g/mol. The highest BCUT2D eigenvalue weighted by atomic mass is 16.4. The lowest BCUT2D eigenvalue weighted by Gasteiger charge is -2.30. The van der Waals surface area contributed by atoms with Gasteiger partial charge in [-0.15, -0.1) is 0 Å². The van der Waals surface area contributed by atoms with E-state index in [1.54, 1.807) is 0 Å². The largest absolute Gasteiger partial charge is 0.481 e. The van der Waals surface area contributed by atoms with Crippen LogP contribution in [-0.2, 0) is 17.8 Å². The fourth-order valence-electron chi connectivity index (χ4n) is 3.25. The van der Waals surface area contributed by atoms with Gasteiger partial charge in [0.05, 0.1) is 6.42 Å². The van der Waals surface area contributed by atoms with E-state index in [9.17, 15) is 4.79 Å². The molecule has 0 aromatic heterocycles. The van der Waals surface area contributed by atoms with Crippen LogP contribution in [0.2, 0.25) is 0 Å². The van der Waals surface area contributed by atoms with Gasteiger partial charge in [0, 0.05) is 19.1 Å². The summed E-state index contributed by atoms with van der Waals surface area (Å²) >= 11 is 0. The molecule has 1 N–H and O–H groups in total. The second-order valence-electron chi connectivity index (χ2n) is 6.65. The number of hydrogen-bond donors (Lipinski definition) is 1. The van der Waals surface area contributed by atoms with Gasteiger partial charge in [0.2, 0.25) is 0 Å². The molecule has 0 saturated heterocycles. The molecule has 2 rings (SSSR count). The number of carbonyl (C=O) groups is 1. The summed E-state index contributed by atoms with van der Waals surface area (Å²) in [6, 6.07) is 8.80. The Morgan fingerprint density at radius 2 is 1.76 bits per heavy atom. The molecular weight excluding hydrogens is 262 g/mol. The minimum absolute atomic E-state index is 0.110. The van der Waals surface area contributed by atoms with Crippen LogP contribution in [0.5, 0.6) is 0 Å². The monoisotopic (exact) mass is 289 g/mol. The maximum Gasteiger partial charge on any atom is 0.307 e. The van der Waals surface area contributed by atoms with Crippen molar-refractivity contribution < 1.29 is 9.90 Å². The maximum atomic E-state index is 10.7. The Bertz CT molecular complexity index is 447. The minimum Gasteiger partial charge on any atom is -0.481 e. The zero-order valence-electron chi connectivity index (χ0n) is 13.2. The minimum atomic E-state index is -0.768. The summed E-state index contributed by atoms with van der Waals surface area (Å²) in [5, 5.41) is 8.82. The van der Waals surface area contributed by atoms with Gasteiger partial charge in [0.15, 0.2) is 0 Å².